The van der Waals surface area contributed by atoms with Crippen LogP contribution in [0.2, 0.25) is 0 Å². The highest BCUT2D eigenvalue weighted by Crippen LogP contribution is 2.33. The molecule has 9 heteroatoms. The van der Waals surface area contributed by atoms with Gasteiger partial charge in [-0.15, -0.1) is 0 Å². The van der Waals surface area contributed by atoms with Crippen molar-refractivity contribution in [1.29, 1.82) is 0 Å². The SMILES string of the molecule is O=C(Nc1ccc(C2=NN(C(=O)c3ccc(Br)cc3)C(c3ccccn3)C2)cc1)OC1COC1. The molecule has 3 heterocycles. The standard InChI is InChI=1S/C25H21BrN4O4/c26-18-8-4-17(5-9-18)24(31)30-23(21-3-1-2-12-27-21)13-22(29-30)16-6-10-19(11-7-16)28-25(32)34-20-14-33-15-20/h1-12,20,23H,13-15H2,(H,28,32). The first-order chi connectivity index (χ1) is 16.6. The first-order valence-electron chi connectivity index (χ1n) is 10.8. The predicted octanol–water partition coefficient (Wildman–Crippen LogP) is 4.78. The molecular weight excluding hydrogens is 500 g/mol. The number of carbonyl (C=O) groups is 2. The van der Waals surface area contributed by atoms with Crippen LogP contribution in [0.25, 0.3) is 0 Å². The number of nitrogens with zero attached hydrogens (tertiary/aromatic N) is 3. The number of aromatic nitrogens is 1. The molecule has 1 fully saturated rings. The second-order valence-electron chi connectivity index (χ2n) is 7.94. The normalized spacial score (nSPS) is 17.6. The molecule has 1 unspecified atom stereocenters. The first-order valence-corrected chi connectivity index (χ1v) is 11.6. The van der Waals surface area contributed by atoms with Crippen LogP contribution in [-0.2, 0) is 9.47 Å². The van der Waals surface area contributed by atoms with Crippen molar-refractivity contribution >= 4 is 39.3 Å². The highest BCUT2D eigenvalue weighted by atomic mass is 79.9. The van der Waals surface area contributed by atoms with E-state index >= 15 is 0 Å². The maximum absolute atomic E-state index is 13.3. The van der Waals surface area contributed by atoms with Gasteiger partial charge >= 0.3 is 6.09 Å². The van der Waals surface area contributed by atoms with E-state index in [2.05, 4.69) is 31.3 Å². The van der Waals surface area contributed by atoms with Gasteiger partial charge in [0, 0.05) is 28.3 Å². The van der Waals surface area contributed by atoms with E-state index < -0.39 is 6.09 Å². The minimum Gasteiger partial charge on any atom is -0.441 e. The summed E-state index contributed by atoms with van der Waals surface area (Å²) in [5.74, 6) is -0.195. The molecule has 2 aromatic carbocycles. The largest absolute Gasteiger partial charge is 0.441 e. The Hall–Kier alpha value is -3.56. The molecule has 1 atom stereocenters. The van der Waals surface area contributed by atoms with Crippen molar-refractivity contribution in [1.82, 2.24) is 9.99 Å². The number of hydrazone groups is 1. The highest BCUT2D eigenvalue weighted by Gasteiger charge is 2.34. The van der Waals surface area contributed by atoms with Gasteiger partial charge in [0.25, 0.3) is 5.91 Å². The van der Waals surface area contributed by atoms with Crippen LogP contribution < -0.4 is 5.32 Å². The molecule has 2 amide bonds. The molecular formula is C25H21BrN4O4. The van der Waals surface area contributed by atoms with E-state index in [1.54, 1.807) is 30.5 Å². The number of rotatable bonds is 5. The lowest BCUT2D eigenvalue weighted by atomic mass is 10.0. The molecule has 2 aliphatic heterocycles. The summed E-state index contributed by atoms with van der Waals surface area (Å²) in [5.41, 5.74) is 3.55. The van der Waals surface area contributed by atoms with Crippen LogP contribution >= 0.6 is 15.9 Å². The Bertz CT molecular complexity index is 1210. The van der Waals surface area contributed by atoms with E-state index in [9.17, 15) is 9.59 Å². The van der Waals surface area contributed by atoms with Gasteiger partial charge in [-0.3, -0.25) is 15.1 Å². The summed E-state index contributed by atoms with van der Waals surface area (Å²) in [5, 5.41) is 8.90. The topological polar surface area (TPSA) is 93.1 Å². The van der Waals surface area contributed by atoms with Crippen LogP contribution in [0, 0.1) is 0 Å². The molecule has 34 heavy (non-hydrogen) atoms. The Balaban J connectivity index is 1.36. The first kappa shape index (κ1) is 22.2. The van der Waals surface area contributed by atoms with E-state index in [0.29, 0.717) is 30.9 Å². The number of carbonyl (C=O) groups excluding carboxylic acids is 2. The van der Waals surface area contributed by atoms with Crippen LogP contribution in [0.15, 0.2) is 82.5 Å². The van der Waals surface area contributed by atoms with E-state index in [4.69, 9.17) is 9.47 Å². The van der Waals surface area contributed by atoms with Crippen molar-refractivity contribution in [2.75, 3.05) is 18.5 Å². The third kappa shape index (κ3) is 4.85. The number of anilines is 1. The predicted molar refractivity (Wildman–Crippen MR) is 130 cm³/mol. The Morgan fingerprint density at radius 3 is 2.44 bits per heavy atom. The molecule has 0 radical (unpaired) electrons. The molecule has 0 aliphatic carbocycles. The van der Waals surface area contributed by atoms with Gasteiger partial charge in [0.1, 0.15) is 6.04 Å². The quantitative estimate of drug-likeness (QED) is 0.522. The minimum atomic E-state index is -0.513. The fourth-order valence-electron chi connectivity index (χ4n) is 3.73. The van der Waals surface area contributed by atoms with Gasteiger partial charge in [0.05, 0.1) is 24.6 Å². The smallest absolute Gasteiger partial charge is 0.412 e. The number of nitrogens with one attached hydrogen (secondary N) is 1. The number of hydrogen-bond donors (Lipinski definition) is 1. The molecule has 1 N–H and O–H groups in total. The molecule has 1 aromatic heterocycles. The zero-order valence-corrected chi connectivity index (χ0v) is 19.6. The van der Waals surface area contributed by atoms with Gasteiger partial charge < -0.3 is 9.47 Å². The maximum Gasteiger partial charge on any atom is 0.412 e. The average molecular weight is 521 g/mol. The molecule has 1 saturated heterocycles. The molecule has 0 spiro atoms. The van der Waals surface area contributed by atoms with Gasteiger partial charge in [-0.25, -0.2) is 9.80 Å². The average Bonchev–Trinajstić information content (AvgIpc) is 3.28. The molecule has 3 aromatic rings. The van der Waals surface area contributed by atoms with Crippen LogP contribution in [-0.4, -0.2) is 47.0 Å². The molecule has 0 bridgehead atoms. The van der Waals surface area contributed by atoms with Gasteiger partial charge in [-0.05, 0) is 54.1 Å². The molecule has 8 nitrogen and oxygen atoms in total. The Kier molecular flexibility index (Phi) is 6.37. The van der Waals surface area contributed by atoms with E-state index in [1.807, 2.05) is 42.5 Å². The van der Waals surface area contributed by atoms with Crippen molar-refractivity contribution in [3.8, 4) is 0 Å². The van der Waals surface area contributed by atoms with Crippen molar-refractivity contribution in [3.05, 3.63) is 94.2 Å². The van der Waals surface area contributed by atoms with Crippen LogP contribution in [0.5, 0.6) is 0 Å². The minimum absolute atomic E-state index is 0.190. The lowest BCUT2D eigenvalue weighted by Crippen LogP contribution is -2.38. The summed E-state index contributed by atoms with van der Waals surface area (Å²) < 4.78 is 11.1. The van der Waals surface area contributed by atoms with Crippen molar-refractivity contribution in [2.45, 2.75) is 18.6 Å². The zero-order chi connectivity index (χ0) is 23.5. The number of ether oxygens (including phenoxy) is 2. The summed E-state index contributed by atoms with van der Waals surface area (Å²) in [6, 6.07) is 19.8. The number of amides is 2. The third-order valence-corrected chi connectivity index (χ3v) is 6.11. The van der Waals surface area contributed by atoms with Crippen molar-refractivity contribution in [2.24, 2.45) is 5.10 Å². The lowest BCUT2D eigenvalue weighted by Gasteiger charge is -2.25. The summed E-state index contributed by atoms with van der Waals surface area (Å²) in [7, 11) is 0. The summed E-state index contributed by atoms with van der Waals surface area (Å²) in [6.45, 7) is 0.859. The maximum atomic E-state index is 13.3. The molecule has 172 valence electrons. The Morgan fingerprint density at radius 1 is 1.03 bits per heavy atom. The van der Waals surface area contributed by atoms with Gasteiger partial charge in [-0.1, -0.05) is 34.1 Å². The summed E-state index contributed by atoms with van der Waals surface area (Å²) in [4.78, 5) is 29.7. The Morgan fingerprint density at radius 2 is 1.79 bits per heavy atom. The fraction of sp³-hybridized carbons (Fsp3) is 0.200. The van der Waals surface area contributed by atoms with E-state index in [-0.39, 0.29) is 18.1 Å². The van der Waals surface area contributed by atoms with Crippen LogP contribution in [0.1, 0.15) is 34.1 Å². The van der Waals surface area contributed by atoms with Gasteiger partial charge in [0.2, 0.25) is 0 Å². The Labute approximate surface area is 204 Å². The fourth-order valence-corrected chi connectivity index (χ4v) is 3.99. The zero-order valence-electron chi connectivity index (χ0n) is 18.1. The van der Waals surface area contributed by atoms with Crippen LogP contribution in [0.4, 0.5) is 10.5 Å². The second-order valence-corrected chi connectivity index (χ2v) is 8.86. The van der Waals surface area contributed by atoms with Crippen LogP contribution in [0.3, 0.4) is 0 Å². The van der Waals surface area contributed by atoms with Crippen molar-refractivity contribution in [3.63, 3.8) is 0 Å². The molecule has 2 aliphatic rings. The number of pyridine rings is 1. The summed E-state index contributed by atoms with van der Waals surface area (Å²) in [6.07, 6.45) is 1.53. The number of halogens is 1. The van der Waals surface area contributed by atoms with E-state index in [1.165, 1.54) is 5.01 Å². The lowest BCUT2D eigenvalue weighted by molar-refractivity contribution is -0.0951. The number of benzene rings is 2. The summed E-state index contributed by atoms with van der Waals surface area (Å²) >= 11 is 3.40. The van der Waals surface area contributed by atoms with Crippen molar-refractivity contribution < 1.29 is 19.1 Å². The van der Waals surface area contributed by atoms with Gasteiger partial charge in [-0.2, -0.15) is 5.10 Å². The highest BCUT2D eigenvalue weighted by molar-refractivity contribution is 9.10. The number of hydrogen-bond acceptors (Lipinski definition) is 6. The van der Waals surface area contributed by atoms with Gasteiger partial charge in [0.15, 0.2) is 6.10 Å². The molecule has 0 saturated carbocycles. The monoisotopic (exact) mass is 520 g/mol. The third-order valence-electron chi connectivity index (χ3n) is 5.58. The molecule has 5 rings (SSSR count). The van der Waals surface area contributed by atoms with E-state index in [0.717, 1.165) is 21.4 Å². The second kappa shape index (κ2) is 9.74.